The van der Waals surface area contributed by atoms with Gasteiger partial charge in [0.05, 0.1) is 12.0 Å². The third kappa shape index (κ3) is 2.08. The number of anilines is 1. The van der Waals surface area contributed by atoms with E-state index in [2.05, 4.69) is 28.4 Å². The number of ether oxygens (including phenoxy) is 1. The molecule has 2 aromatic rings. The molecule has 0 bridgehead atoms. The van der Waals surface area contributed by atoms with E-state index in [0.29, 0.717) is 11.7 Å². The third-order valence-corrected chi connectivity index (χ3v) is 4.13. The summed E-state index contributed by atoms with van der Waals surface area (Å²) in [6.45, 7) is 6.91. The molecule has 2 N–H and O–H groups in total. The predicted octanol–water partition coefficient (Wildman–Crippen LogP) is 2.06. The molecule has 0 aromatic carbocycles. The van der Waals surface area contributed by atoms with Crippen molar-refractivity contribution in [3.05, 3.63) is 17.6 Å². The molecule has 1 fully saturated rings. The van der Waals surface area contributed by atoms with Crippen LogP contribution in [0.25, 0.3) is 11.0 Å². The number of rotatable bonds is 2. The van der Waals surface area contributed by atoms with Gasteiger partial charge in [-0.05, 0) is 32.3 Å². The molecule has 0 radical (unpaired) electrons. The summed E-state index contributed by atoms with van der Waals surface area (Å²) in [4.78, 5) is 8.52. The van der Waals surface area contributed by atoms with Crippen LogP contribution in [0.15, 0.2) is 6.33 Å². The van der Waals surface area contributed by atoms with Crippen molar-refractivity contribution in [2.24, 2.45) is 5.92 Å². The maximum absolute atomic E-state index is 5.98. The van der Waals surface area contributed by atoms with E-state index in [1.54, 1.807) is 6.33 Å². The van der Waals surface area contributed by atoms with Crippen molar-refractivity contribution in [1.29, 1.82) is 0 Å². The molecule has 3 heterocycles. The van der Waals surface area contributed by atoms with Crippen LogP contribution in [0.1, 0.15) is 24.1 Å². The fourth-order valence-corrected chi connectivity index (χ4v) is 2.93. The third-order valence-electron chi connectivity index (χ3n) is 4.13. The summed E-state index contributed by atoms with van der Waals surface area (Å²) >= 11 is 0. The van der Waals surface area contributed by atoms with Gasteiger partial charge in [-0.15, -0.1) is 0 Å². The maximum Gasteiger partial charge on any atom is 0.145 e. The van der Waals surface area contributed by atoms with Crippen LogP contribution in [-0.4, -0.2) is 27.7 Å². The monoisotopic (exact) mass is 260 g/mol. The quantitative estimate of drug-likeness (QED) is 0.897. The van der Waals surface area contributed by atoms with Crippen LogP contribution >= 0.6 is 0 Å². The molecule has 1 aliphatic rings. The average molecular weight is 260 g/mol. The summed E-state index contributed by atoms with van der Waals surface area (Å²) in [7, 11) is 0. The summed E-state index contributed by atoms with van der Waals surface area (Å²) in [5.41, 5.74) is 9.35. The largest absolute Gasteiger partial charge is 0.383 e. The minimum absolute atomic E-state index is 0.568. The zero-order chi connectivity index (χ0) is 13.4. The summed E-state index contributed by atoms with van der Waals surface area (Å²) in [6.07, 6.45) is 3.92. The molecule has 2 aromatic heterocycles. The first-order chi connectivity index (χ1) is 9.18. The molecule has 1 saturated heterocycles. The molecule has 0 spiro atoms. The number of aryl methyl sites for hydroxylation is 1. The van der Waals surface area contributed by atoms with Crippen LogP contribution < -0.4 is 5.73 Å². The van der Waals surface area contributed by atoms with E-state index >= 15 is 0 Å². The zero-order valence-corrected chi connectivity index (χ0v) is 11.5. The first kappa shape index (κ1) is 12.4. The van der Waals surface area contributed by atoms with Crippen LogP contribution in [0.3, 0.4) is 0 Å². The second kappa shape index (κ2) is 4.81. The van der Waals surface area contributed by atoms with Gasteiger partial charge in [0.15, 0.2) is 0 Å². The normalized spacial score (nSPS) is 20.0. The SMILES string of the molecule is Cc1c(C)n(CC2CCCOC2)c2ncnc(N)c12. The number of fused-ring (bicyclic) bond motifs is 1. The highest BCUT2D eigenvalue weighted by molar-refractivity contribution is 5.90. The van der Waals surface area contributed by atoms with Crippen molar-refractivity contribution >= 4 is 16.9 Å². The number of nitrogens with zero attached hydrogens (tertiary/aromatic N) is 3. The van der Waals surface area contributed by atoms with Gasteiger partial charge in [0.25, 0.3) is 0 Å². The molecule has 0 amide bonds. The zero-order valence-electron chi connectivity index (χ0n) is 11.5. The van der Waals surface area contributed by atoms with Crippen molar-refractivity contribution in [3.8, 4) is 0 Å². The second-order valence-corrected chi connectivity index (χ2v) is 5.36. The molecule has 102 valence electrons. The van der Waals surface area contributed by atoms with Crippen LogP contribution in [-0.2, 0) is 11.3 Å². The Kier molecular flexibility index (Phi) is 3.14. The van der Waals surface area contributed by atoms with Gasteiger partial charge >= 0.3 is 0 Å². The Labute approximate surface area is 112 Å². The van der Waals surface area contributed by atoms with E-state index in [1.807, 2.05) is 0 Å². The molecule has 1 atom stereocenters. The number of hydrogen-bond donors (Lipinski definition) is 1. The molecule has 0 saturated carbocycles. The standard InChI is InChI=1S/C14H20N4O/c1-9-10(2)18(6-11-4-3-5-19-7-11)14-12(9)13(15)16-8-17-14/h8,11H,3-7H2,1-2H3,(H2,15,16,17). The molecular weight excluding hydrogens is 240 g/mol. The van der Waals surface area contributed by atoms with E-state index in [1.165, 1.54) is 17.7 Å². The number of nitrogens with two attached hydrogens (primary N) is 1. The summed E-state index contributed by atoms with van der Waals surface area (Å²) < 4.78 is 7.83. The lowest BCUT2D eigenvalue weighted by molar-refractivity contribution is 0.0486. The van der Waals surface area contributed by atoms with Crippen molar-refractivity contribution in [3.63, 3.8) is 0 Å². The smallest absolute Gasteiger partial charge is 0.145 e. The van der Waals surface area contributed by atoms with Crippen molar-refractivity contribution in [1.82, 2.24) is 14.5 Å². The van der Waals surface area contributed by atoms with Gasteiger partial charge in [0, 0.05) is 24.8 Å². The Morgan fingerprint density at radius 2 is 2.26 bits per heavy atom. The van der Waals surface area contributed by atoms with Gasteiger partial charge in [-0.1, -0.05) is 0 Å². The molecule has 5 heteroatoms. The van der Waals surface area contributed by atoms with Crippen molar-refractivity contribution < 1.29 is 4.74 Å². The summed E-state index contributed by atoms with van der Waals surface area (Å²) in [5, 5.41) is 0.997. The van der Waals surface area contributed by atoms with Crippen LogP contribution in [0.2, 0.25) is 0 Å². The van der Waals surface area contributed by atoms with Crippen LogP contribution in [0, 0.1) is 19.8 Å². The van der Waals surface area contributed by atoms with E-state index < -0.39 is 0 Å². The van der Waals surface area contributed by atoms with E-state index in [0.717, 1.165) is 37.2 Å². The topological polar surface area (TPSA) is 66.0 Å². The number of hydrogen-bond acceptors (Lipinski definition) is 4. The molecular formula is C14H20N4O. The minimum atomic E-state index is 0.568. The molecule has 1 unspecified atom stereocenters. The fraction of sp³-hybridized carbons (Fsp3) is 0.571. The highest BCUT2D eigenvalue weighted by Gasteiger charge is 2.20. The lowest BCUT2D eigenvalue weighted by Gasteiger charge is -2.23. The minimum Gasteiger partial charge on any atom is -0.383 e. The van der Waals surface area contributed by atoms with Gasteiger partial charge in [-0.25, -0.2) is 9.97 Å². The van der Waals surface area contributed by atoms with Gasteiger partial charge in [-0.3, -0.25) is 0 Å². The Bertz CT molecular complexity index is 599. The highest BCUT2D eigenvalue weighted by Crippen LogP contribution is 2.28. The highest BCUT2D eigenvalue weighted by atomic mass is 16.5. The first-order valence-corrected chi connectivity index (χ1v) is 6.82. The van der Waals surface area contributed by atoms with Gasteiger partial charge in [-0.2, -0.15) is 0 Å². The Hall–Kier alpha value is -1.62. The average Bonchev–Trinajstić information content (AvgIpc) is 2.66. The number of nitrogen functional groups attached to an aromatic ring is 1. The fourth-order valence-electron chi connectivity index (χ4n) is 2.93. The molecule has 0 aliphatic carbocycles. The van der Waals surface area contributed by atoms with E-state index in [-0.39, 0.29) is 0 Å². The van der Waals surface area contributed by atoms with Crippen LogP contribution in [0.5, 0.6) is 0 Å². The Morgan fingerprint density at radius 1 is 1.42 bits per heavy atom. The predicted molar refractivity (Wildman–Crippen MR) is 75.0 cm³/mol. The number of aromatic nitrogens is 3. The van der Waals surface area contributed by atoms with Gasteiger partial charge < -0.3 is 15.0 Å². The lowest BCUT2D eigenvalue weighted by atomic mass is 10.0. The van der Waals surface area contributed by atoms with Crippen LogP contribution in [0.4, 0.5) is 5.82 Å². The first-order valence-electron chi connectivity index (χ1n) is 6.82. The van der Waals surface area contributed by atoms with E-state index in [4.69, 9.17) is 10.5 Å². The Balaban J connectivity index is 2.03. The van der Waals surface area contributed by atoms with Crippen molar-refractivity contribution in [2.45, 2.75) is 33.2 Å². The molecule has 3 rings (SSSR count). The van der Waals surface area contributed by atoms with Crippen molar-refractivity contribution in [2.75, 3.05) is 18.9 Å². The van der Waals surface area contributed by atoms with Gasteiger partial charge in [0.2, 0.25) is 0 Å². The summed E-state index contributed by atoms with van der Waals surface area (Å²) in [6, 6.07) is 0. The molecule has 5 nitrogen and oxygen atoms in total. The van der Waals surface area contributed by atoms with E-state index in [9.17, 15) is 0 Å². The lowest BCUT2D eigenvalue weighted by Crippen LogP contribution is -2.22. The Morgan fingerprint density at radius 3 is 3.00 bits per heavy atom. The molecule has 1 aliphatic heterocycles. The van der Waals surface area contributed by atoms with Gasteiger partial charge in [0.1, 0.15) is 17.8 Å². The second-order valence-electron chi connectivity index (χ2n) is 5.36. The maximum atomic E-state index is 5.98. The summed E-state index contributed by atoms with van der Waals surface area (Å²) in [5.74, 6) is 1.14. The molecule has 19 heavy (non-hydrogen) atoms.